The number of carbonyl (C=O) groups is 2. The molecule has 4 aromatic rings. The van der Waals surface area contributed by atoms with Gasteiger partial charge in [0.25, 0.3) is 11.8 Å². The van der Waals surface area contributed by atoms with E-state index in [1.165, 1.54) is 0 Å². The van der Waals surface area contributed by atoms with Crippen LogP contribution >= 0.6 is 12.2 Å². The second kappa shape index (κ2) is 13.0. The molecule has 0 aliphatic rings. The fourth-order valence-corrected chi connectivity index (χ4v) is 3.77. The van der Waals surface area contributed by atoms with Crippen molar-refractivity contribution >= 4 is 51.9 Å². The third-order valence-electron chi connectivity index (χ3n) is 5.44. The Morgan fingerprint density at radius 1 is 0.711 bits per heavy atom. The Hall–Kier alpha value is -4.69. The van der Waals surface area contributed by atoms with Crippen LogP contribution in [0.5, 0.6) is 5.75 Å². The number of anilines is 4. The first-order valence-electron chi connectivity index (χ1n) is 12.2. The van der Waals surface area contributed by atoms with Crippen molar-refractivity contribution in [1.82, 2.24) is 5.32 Å². The molecule has 0 aromatic heterocycles. The van der Waals surface area contributed by atoms with Crippen LogP contribution in [-0.2, 0) is 0 Å². The summed E-state index contributed by atoms with van der Waals surface area (Å²) >= 11 is 5.33. The van der Waals surface area contributed by atoms with E-state index in [4.69, 9.17) is 17.0 Å². The largest absolute Gasteiger partial charge is 0.494 e. The Balaban J connectivity index is 1.35. The molecule has 0 bridgehead atoms. The summed E-state index contributed by atoms with van der Waals surface area (Å²) in [6.07, 6.45) is 0.903. The highest BCUT2D eigenvalue weighted by Crippen LogP contribution is 2.21. The minimum absolute atomic E-state index is 0.0814. The van der Waals surface area contributed by atoms with Crippen molar-refractivity contribution in [3.63, 3.8) is 0 Å². The van der Waals surface area contributed by atoms with Gasteiger partial charge in [-0.05, 0) is 91.4 Å². The predicted molar refractivity (Wildman–Crippen MR) is 156 cm³/mol. The number of hydrogen-bond acceptors (Lipinski definition) is 5. The van der Waals surface area contributed by atoms with E-state index in [9.17, 15) is 9.59 Å². The molecule has 2 amide bonds. The van der Waals surface area contributed by atoms with E-state index in [1.54, 1.807) is 48.5 Å². The first-order chi connectivity index (χ1) is 18.5. The molecule has 192 valence electrons. The third-order valence-corrected chi connectivity index (χ3v) is 5.65. The summed E-state index contributed by atoms with van der Waals surface area (Å²) < 4.78 is 5.55. The molecule has 0 spiro atoms. The van der Waals surface area contributed by atoms with Crippen LogP contribution < -0.4 is 26.0 Å². The number of thiocarbonyl (C=S) groups is 1. The molecule has 0 aliphatic heterocycles. The number of benzene rings is 4. The van der Waals surface area contributed by atoms with Crippen molar-refractivity contribution in [3.05, 3.63) is 114 Å². The van der Waals surface area contributed by atoms with Gasteiger partial charge < -0.3 is 20.7 Å². The summed E-state index contributed by atoms with van der Waals surface area (Å²) in [7, 11) is 0. The van der Waals surface area contributed by atoms with Crippen LogP contribution in [0.1, 0.15) is 34.1 Å². The Kier molecular flexibility index (Phi) is 9.04. The predicted octanol–water partition coefficient (Wildman–Crippen LogP) is 6.60. The minimum Gasteiger partial charge on any atom is -0.494 e. The maximum absolute atomic E-state index is 13.0. The molecule has 0 unspecified atom stereocenters. The topological polar surface area (TPSA) is 91.5 Å². The number of rotatable bonds is 9. The normalized spacial score (nSPS) is 10.2. The van der Waals surface area contributed by atoms with Gasteiger partial charge in [-0.3, -0.25) is 14.9 Å². The zero-order valence-corrected chi connectivity index (χ0v) is 21.7. The van der Waals surface area contributed by atoms with Gasteiger partial charge in [-0.15, -0.1) is 0 Å². The van der Waals surface area contributed by atoms with Crippen molar-refractivity contribution in [2.45, 2.75) is 13.3 Å². The average Bonchev–Trinajstić information content (AvgIpc) is 2.94. The molecule has 0 radical (unpaired) electrons. The molecule has 4 aromatic carbocycles. The fourth-order valence-electron chi connectivity index (χ4n) is 3.56. The summed E-state index contributed by atoms with van der Waals surface area (Å²) in [6.45, 7) is 2.64. The van der Waals surface area contributed by atoms with Crippen LogP contribution in [0, 0.1) is 0 Å². The van der Waals surface area contributed by atoms with E-state index in [0.717, 1.165) is 17.8 Å². The molecule has 7 nitrogen and oxygen atoms in total. The summed E-state index contributed by atoms with van der Waals surface area (Å²) in [4.78, 5) is 25.6. The van der Waals surface area contributed by atoms with Crippen LogP contribution in [0.4, 0.5) is 22.7 Å². The number of nitrogens with one attached hydrogen (secondary N) is 4. The molecule has 0 heterocycles. The molecule has 4 N–H and O–H groups in total. The van der Waals surface area contributed by atoms with E-state index in [2.05, 4.69) is 21.3 Å². The second-order valence-electron chi connectivity index (χ2n) is 8.35. The number of amides is 2. The summed E-state index contributed by atoms with van der Waals surface area (Å²) in [5.74, 6) is 0.0236. The van der Waals surface area contributed by atoms with E-state index < -0.39 is 0 Å². The highest BCUT2D eigenvalue weighted by atomic mass is 32.1. The van der Waals surface area contributed by atoms with E-state index in [0.29, 0.717) is 34.9 Å². The lowest BCUT2D eigenvalue weighted by molar-refractivity contribution is 0.0976. The van der Waals surface area contributed by atoms with E-state index in [-0.39, 0.29) is 16.9 Å². The number of para-hydroxylation sites is 2. The molecule has 4 rings (SSSR count). The highest BCUT2D eigenvalue weighted by molar-refractivity contribution is 7.80. The molecule has 0 saturated heterocycles. The SMILES string of the molecule is CCCOc1ccc(C(=O)NC(=S)Nc2ccccc2C(=O)Nc2ccc(Nc3ccccc3)cc2)cc1. The Morgan fingerprint density at radius 3 is 2.05 bits per heavy atom. The molecule has 0 fully saturated rings. The molecular weight excluding hydrogens is 496 g/mol. The Bertz CT molecular complexity index is 1390. The zero-order valence-electron chi connectivity index (χ0n) is 20.9. The summed E-state index contributed by atoms with van der Waals surface area (Å²) in [6, 6.07) is 31.0. The first-order valence-corrected chi connectivity index (χ1v) is 12.6. The number of ether oxygens (including phenoxy) is 1. The first kappa shape index (κ1) is 26.4. The molecule has 0 atom stereocenters. The van der Waals surface area contributed by atoms with Crippen LogP contribution in [-0.4, -0.2) is 23.5 Å². The van der Waals surface area contributed by atoms with Crippen molar-refractivity contribution in [2.75, 3.05) is 22.6 Å². The van der Waals surface area contributed by atoms with Gasteiger partial charge in [0.2, 0.25) is 0 Å². The van der Waals surface area contributed by atoms with E-state index in [1.807, 2.05) is 61.5 Å². The second-order valence-corrected chi connectivity index (χ2v) is 8.76. The standard InChI is InChI=1S/C30H28N4O3S/c1-2-20-37-25-18-12-21(13-19-25)28(35)34-30(38)33-27-11-7-6-10-26(27)29(36)32-24-16-14-23(15-17-24)31-22-8-4-3-5-9-22/h3-19,31H,2,20H2,1H3,(H,32,36)(H2,33,34,35,38). The number of hydrogen-bond donors (Lipinski definition) is 4. The summed E-state index contributed by atoms with van der Waals surface area (Å²) in [5, 5.41) is 11.9. The number of carbonyl (C=O) groups excluding carboxylic acids is 2. The quantitative estimate of drug-likeness (QED) is 0.185. The molecular formula is C30H28N4O3S. The maximum atomic E-state index is 13.0. The Labute approximate surface area is 227 Å². The van der Waals surface area contributed by atoms with Gasteiger partial charge in [-0.2, -0.15) is 0 Å². The van der Waals surface area contributed by atoms with Gasteiger partial charge in [0.1, 0.15) is 5.75 Å². The lowest BCUT2D eigenvalue weighted by Crippen LogP contribution is -2.34. The van der Waals surface area contributed by atoms with Crippen molar-refractivity contribution < 1.29 is 14.3 Å². The maximum Gasteiger partial charge on any atom is 0.257 e. The van der Waals surface area contributed by atoms with Gasteiger partial charge in [0.05, 0.1) is 17.9 Å². The van der Waals surface area contributed by atoms with Crippen molar-refractivity contribution in [1.29, 1.82) is 0 Å². The van der Waals surface area contributed by atoms with Crippen molar-refractivity contribution in [2.24, 2.45) is 0 Å². The minimum atomic E-state index is -0.365. The lowest BCUT2D eigenvalue weighted by Gasteiger charge is -2.14. The van der Waals surface area contributed by atoms with Crippen LogP contribution in [0.2, 0.25) is 0 Å². The van der Waals surface area contributed by atoms with Gasteiger partial charge in [0.15, 0.2) is 5.11 Å². The monoisotopic (exact) mass is 524 g/mol. The highest BCUT2D eigenvalue weighted by Gasteiger charge is 2.14. The van der Waals surface area contributed by atoms with Gasteiger partial charge in [-0.1, -0.05) is 37.3 Å². The fraction of sp³-hybridized carbons (Fsp3) is 0.100. The Morgan fingerprint density at radius 2 is 1.34 bits per heavy atom. The molecule has 0 aliphatic carbocycles. The van der Waals surface area contributed by atoms with Gasteiger partial charge in [0, 0.05) is 22.6 Å². The van der Waals surface area contributed by atoms with Crippen molar-refractivity contribution in [3.8, 4) is 5.75 Å². The lowest BCUT2D eigenvalue weighted by atomic mass is 10.1. The van der Waals surface area contributed by atoms with Gasteiger partial charge in [-0.25, -0.2) is 0 Å². The van der Waals surface area contributed by atoms with Crippen LogP contribution in [0.25, 0.3) is 0 Å². The smallest absolute Gasteiger partial charge is 0.257 e. The average molecular weight is 525 g/mol. The molecule has 8 heteroatoms. The van der Waals surface area contributed by atoms with Gasteiger partial charge >= 0.3 is 0 Å². The third kappa shape index (κ3) is 7.41. The summed E-state index contributed by atoms with van der Waals surface area (Å²) in [5.41, 5.74) is 3.82. The molecule has 0 saturated carbocycles. The van der Waals surface area contributed by atoms with Crippen LogP contribution in [0.15, 0.2) is 103 Å². The zero-order chi connectivity index (χ0) is 26.7. The molecule has 38 heavy (non-hydrogen) atoms. The van der Waals surface area contributed by atoms with E-state index >= 15 is 0 Å². The van der Waals surface area contributed by atoms with Crippen LogP contribution in [0.3, 0.4) is 0 Å².